The van der Waals surface area contributed by atoms with E-state index in [0.717, 1.165) is 5.56 Å². The molecule has 4 heteroatoms. The highest BCUT2D eigenvalue weighted by atomic mass is 16.7. The summed E-state index contributed by atoms with van der Waals surface area (Å²) in [5.74, 6) is 1.58. The van der Waals surface area contributed by atoms with E-state index in [-0.39, 0.29) is 6.61 Å². The average molecular weight is 246 g/mol. The summed E-state index contributed by atoms with van der Waals surface area (Å²) in [4.78, 5) is 11.2. The van der Waals surface area contributed by atoms with Crippen molar-refractivity contribution in [1.82, 2.24) is 0 Å². The van der Waals surface area contributed by atoms with Gasteiger partial charge in [-0.2, -0.15) is 0 Å². The van der Waals surface area contributed by atoms with Crippen LogP contribution in [-0.2, 0) is 4.74 Å². The third kappa shape index (κ3) is 2.71. The minimum atomic E-state index is -0.721. The van der Waals surface area contributed by atoms with Crippen molar-refractivity contribution < 1.29 is 18.7 Å². The van der Waals surface area contributed by atoms with E-state index in [1.165, 1.54) is 0 Å². The molecule has 0 radical (unpaired) electrons. The maximum atomic E-state index is 11.2. The number of hydrogen-bond acceptors (Lipinski definition) is 4. The Bertz CT molecular complexity index is 528. The van der Waals surface area contributed by atoms with Gasteiger partial charge in [-0.05, 0) is 13.8 Å². The predicted octanol–water partition coefficient (Wildman–Crippen LogP) is 3.79. The fourth-order valence-electron chi connectivity index (χ4n) is 1.55. The number of ether oxygens (including phenoxy) is 2. The second kappa shape index (κ2) is 5.40. The van der Waals surface area contributed by atoms with Crippen molar-refractivity contribution in [3.8, 4) is 17.1 Å². The highest BCUT2D eigenvalue weighted by Crippen LogP contribution is 2.30. The number of furan rings is 1. The molecule has 94 valence electrons. The van der Waals surface area contributed by atoms with E-state index >= 15 is 0 Å². The summed E-state index contributed by atoms with van der Waals surface area (Å²) in [6.07, 6.45) is -0.721. The minimum Gasteiger partial charge on any atom is -0.457 e. The molecule has 1 aromatic carbocycles. The molecule has 0 spiro atoms. The van der Waals surface area contributed by atoms with E-state index < -0.39 is 6.16 Å². The van der Waals surface area contributed by atoms with Gasteiger partial charge in [0.15, 0.2) is 5.75 Å². The smallest absolute Gasteiger partial charge is 0.457 e. The van der Waals surface area contributed by atoms with Crippen molar-refractivity contribution in [3.05, 3.63) is 42.2 Å². The first-order valence-electron chi connectivity index (χ1n) is 5.71. The lowest BCUT2D eigenvalue weighted by Gasteiger charge is -2.00. The number of benzene rings is 1. The first kappa shape index (κ1) is 12.2. The van der Waals surface area contributed by atoms with Crippen LogP contribution in [0.1, 0.15) is 12.7 Å². The van der Waals surface area contributed by atoms with Crippen LogP contribution in [-0.4, -0.2) is 12.8 Å². The van der Waals surface area contributed by atoms with E-state index in [0.29, 0.717) is 17.3 Å². The summed E-state index contributed by atoms with van der Waals surface area (Å²) in [5.41, 5.74) is 0.930. The van der Waals surface area contributed by atoms with Crippen LogP contribution in [0.15, 0.2) is 40.8 Å². The molecule has 1 aromatic heterocycles. The second-order valence-corrected chi connectivity index (χ2v) is 3.68. The number of rotatable bonds is 3. The van der Waals surface area contributed by atoms with Crippen molar-refractivity contribution in [3.63, 3.8) is 0 Å². The summed E-state index contributed by atoms with van der Waals surface area (Å²) in [5, 5.41) is 0. The Morgan fingerprint density at radius 1 is 1.28 bits per heavy atom. The number of carbonyl (C=O) groups is 1. The fourth-order valence-corrected chi connectivity index (χ4v) is 1.55. The van der Waals surface area contributed by atoms with Gasteiger partial charge in [0.2, 0.25) is 0 Å². The molecule has 0 N–H and O–H groups in total. The zero-order chi connectivity index (χ0) is 13.0. The largest absolute Gasteiger partial charge is 0.513 e. The molecule has 2 aromatic rings. The van der Waals surface area contributed by atoms with Crippen LogP contribution < -0.4 is 4.74 Å². The zero-order valence-electron chi connectivity index (χ0n) is 10.3. The second-order valence-electron chi connectivity index (χ2n) is 3.68. The highest BCUT2D eigenvalue weighted by molar-refractivity contribution is 5.66. The van der Waals surface area contributed by atoms with Crippen LogP contribution in [0.2, 0.25) is 0 Å². The molecule has 0 saturated heterocycles. The molecule has 0 saturated carbocycles. The minimum absolute atomic E-state index is 0.279. The molecule has 0 fully saturated rings. The molecule has 1 heterocycles. The average Bonchev–Trinajstić information content (AvgIpc) is 2.72. The fraction of sp³-hybridized carbons (Fsp3) is 0.214. The van der Waals surface area contributed by atoms with E-state index in [4.69, 9.17) is 13.9 Å². The van der Waals surface area contributed by atoms with E-state index in [2.05, 4.69) is 0 Å². The van der Waals surface area contributed by atoms with Crippen LogP contribution in [0, 0.1) is 6.92 Å². The van der Waals surface area contributed by atoms with Crippen molar-refractivity contribution >= 4 is 6.16 Å². The van der Waals surface area contributed by atoms with E-state index in [1.807, 2.05) is 30.3 Å². The molecular weight excluding hydrogens is 232 g/mol. The zero-order valence-corrected chi connectivity index (χ0v) is 10.3. The maximum Gasteiger partial charge on any atom is 0.513 e. The van der Waals surface area contributed by atoms with E-state index in [9.17, 15) is 4.79 Å². The summed E-state index contributed by atoms with van der Waals surface area (Å²) in [7, 11) is 0. The van der Waals surface area contributed by atoms with Gasteiger partial charge in [0.05, 0.1) is 6.61 Å². The Kier molecular flexibility index (Phi) is 3.67. The standard InChI is InChI=1S/C14H14O4/c1-3-16-14(15)18-12-9-13(17-10(12)2)11-7-5-4-6-8-11/h4-9H,3H2,1-2H3. The third-order valence-corrected chi connectivity index (χ3v) is 2.39. The lowest BCUT2D eigenvalue weighted by atomic mass is 10.2. The summed E-state index contributed by atoms with van der Waals surface area (Å²) >= 11 is 0. The van der Waals surface area contributed by atoms with Gasteiger partial charge in [-0.1, -0.05) is 30.3 Å². The lowest BCUT2D eigenvalue weighted by Crippen LogP contribution is -2.09. The topological polar surface area (TPSA) is 48.7 Å². The molecule has 0 aliphatic carbocycles. The van der Waals surface area contributed by atoms with Crippen LogP contribution >= 0.6 is 0 Å². The summed E-state index contributed by atoms with van der Waals surface area (Å²) in [6.45, 7) is 3.74. The van der Waals surface area contributed by atoms with Gasteiger partial charge in [-0.15, -0.1) is 0 Å². The quantitative estimate of drug-likeness (QED) is 0.773. The Balaban J connectivity index is 2.20. The Hall–Kier alpha value is -2.23. The third-order valence-electron chi connectivity index (χ3n) is 2.39. The van der Waals surface area contributed by atoms with Crippen molar-refractivity contribution in [1.29, 1.82) is 0 Å². The van der Waals surface area contributed by atoms with E-state index in [1.54, 1.807) is 19.9 Å². The first-order valence-corrected chi connectivity index (χ1v) is 5.71. The molecule has 18 heavy (non-hydrogen) atoms. The number of aryl methyl sites for hydroxylation is 1. The molecule has 4 nitrogen and oxygen atoms in total. The molecule has 0 aliphatic rings. The molecule has 0 atom stereocenters. The Morgan fingerprint density at radius 2 is 2.00 bits per heavy atom. The van der Waals surface area contributed by atoms with Crippen LogP contribution in [0.3, 0.4) is 0 Å². The van der Waals surface area contributed by atoms with Crippen molar-refractivity contribution in [2.24, 2.45) is 0 Å². The SMILES string of the molecule is CCOC(=O)Oc1cc(-c2ccccc2)oc1C. The highest BCUT2D eigenvalue weighted by Gasteiger charge is 2.14. The molecule has 0 unspecified atom stereocenters. The first-order chi connectivity index (χ1) is 8.70. The molecule has 2 rings (SSSR count). The Morgan fingerprint density at radius 3 is 2.67 bits per heavy atom. The predicted molar refractivity (Wildman–Crippen MR) is 66.5 cm³/mol. The molecular formula is C14H14O4. The van der Waals surface area contributed by atoms with Crippen LogP contribution in [0.4, 0.5) is 4.79 Å². The molecule has 0 bridgehead atoms. The summed E-state index contributed by atoms with van der Waals surface area (Å²) in [6, 6.07) is 11.3. The van der Waals surface area contributed by atoms with Gasteiger partial charge in [0, 0.05) is 11.6 Å². The monoisotopic (exact) mass is 246 g/mol. The lowest BCUT2D eigenvalue weighted by molar-refractivity contribution is 0.103. The molecule has 0 aliphatic heterocycles. The number of carbonyl (C=O) groups excluding carboxylic acids is 1. The normalized spacial score (nSPS) is 10.1. The Labute approximate surface area is 105 Å². The maximum absolute atomic E-state index is 11.2. The van der Waals surface area contributed by atoms with Gasteiger partial charge in [-0.3, -0.25) is 0 Å². The molecule has 0 amide bonds. The van der Waals surface area contributed by atoms with Crippen molar-refractivity contribution in [2.45, 2.75) is 13.8 Å². The van der Waals surface area contributed by atoms with Gasteiger partial charge in [0.25, 0.3) is 0 Å². The summed E-state index contributed by atoms with van der Waals surface area (Å²) < 4.78 is 15.3. The van der Waals surface area contributed by atoms with Crippen LogP contribution in [0.25, 0.3) is 11.3 Å². The van der Waals surface area contributed by atoms with Gasteiger partial charge >= 0.3 is 6.16 Å². The van der Waals surface area contributed by atoms with Crippen molar-refractivity contribution in [2.75, 3.05) is 6.61 Å². The van der Waals surface area contributed by atoms with Gasteiger partial charge in [0.1, 0.15) is 11.5 Å². The number of hydrogen-bond donors (Lipinski definition) is 0. The van der Waals surface area contributed by atoms with Crippen LogP contribution in [0.5, 0.6) is 5.75 Å². The van der Waals surface area contributed by atoms with Gasteiger partial charge < -0.3 is 13.9 Å². The van der Waals surface area contributed by atoms with Gasteiger partial charge in [-0.25, -0.2) is 4.79 Å².